The van der Waals surface area contributed by atoms with Gasteiger partial charge in [0.15, 0.2) is 0 Å². The van der Waals surface area contributed by atoms with Crippen LogP contribution in [0.4, 0.5) is 11.4 Å². The third kappa shape index (κ3) is 5.89. The number of hydrogen-bond acceptors (Lipinski definition) is 3. The van der Waals surface area contributed by atoms with Gasteiger partial charge in [0.05, 0.1) is 11.4 Å². The van der Waals surface area contributed by atoms with Gasteiger partial charge in [-0.05, 0) is 59.7 Å². The standard InChI is InChI=1S/C32H27ClN3OP/c33-27-21-23-29(24-22-27)36-38(37,30-19-11-4-12-20-30)32(26-15-7-2-8-16-26)31(25-13-5-1-6-14-25)35-34-28-17-9-3-10-18-28/h1-24,32,34H,(H,36,37)/b35-31-/t32-,38+/m0/s1. The zero-order valence-electron chi connectivity index (χ0n) is 20.6. The van der Waals surface area contributed by atoms with Gasteiger partial charge < -0.3 is 5.09 Å². The molecule has 5 aromatic rings. The molecule has 188 valence electrons. The fourth-order valence-electron chi connectivity index (χ4n) is 4.35. The van der Waals surface area contributed by atoms with Crippen LogP contribution < -0.4 is 15.8 Å². The van der Waals surface area contributed by atoms with E-state index in [9.17, 15) is 0 Å². The quantitative estimate of drug-likeness (QED) is 0.113. The van der Waals surface area contributed by atoms with Gasteiger partial charge in [0.25, 0.3) is 0 Å². The number of nitrogens with zero attached hydrogens (tertiary/aromatic N) is 1. The summed E-state index contributed by atoms with van der Waals surface area (Å²) in [6.07, 6.45) is 0. The number of hydrazone groups is 1. The number of hydrogen-bond donors (Lipinski definition) is 2. The molecule has 0 aromatic heterocycles. The molecule has 0 unspecified atom stereocenters. The Bertz CT molecular complexity index is 1530. The van der Waals surface area contributed by atoms with Crippen molar-refractivity contribution in [3.05, 3.63) is 162 Å². The summed E-state index contributed by atoms with van der Waals surface area (Å²) in [5.41, 5.74) is 6.58. The van der Waals surface area contributed by atoms with Crippen LogP contribution in [-0.2, 0) is 4.57 Å². The molecular formula is C32H27ClN3OP. The van der Waals surface area contributed by atoms with E-state index in [0.29, 0.717) is 21.7 Å². The Balaban J connectivity index is 1.74. The first kappa shape index (κ1) is 25.5. The van der Waals surface area contributed by atoms with Crippen LogP contribution in [-0.4, -0.2) is 5.71 Å². The summed E-state index contributed by atoms with van der Waals surface area (Å²) in [5, 5.41) is 9.67. The molecule has 0 heterocycles. The van der Waals surface area contributed by atoms with Gasteiger partial charge in [-0.1, -0.05) is 109 Å². The highest BCUT2D eigenvalue weighted by atomic mass is 35.5. The maximum Gasteiger partial charge on any atom is 0.211 e. The highest BCUT2D eigenvalue weighted by molar-refractivity contribution is 7.74. The highest BCUT2D eigenvalue weighted by Gasteiger charge is 2.40. The van der Waals surface area contributed by atoms with Crippen LogP contribution in [0.15, 0.2) is 151 Å². The Morgan fingerprint density at radius 2 is 1.16 bits per heavy atom. The monoisotopic (exact) mass is 535 g/mol. The van der Waals surface area contributed by atoms with Crippen molar-refractivity contribution in [1.82, 2.24) is 0 Å². The SMILES string of the molecule is O=[P@](Nc1ccc(Cl)cc1)(c1ccccc1)[C@H](/C(=N\Nc1ccccc1)c1ccccc1)c1ccccc1. The molecule has 0 aliphatic rings. The van der Waals surface area contributed by atoms with Crippen molar-refractivity contribution in [2.75, 3.05) is 10.5 Å². The minimum absolute atomic E-state index is 0.611. The lowest BCUT2D eigenvalue weighted by atomic mass is 10.0. The average Bonchev–Trinajstić information content (AvgIpc) is 2.98. The normalized spacial score (nSPS) is 13.8. The van der Waals surface area contributed by atoms with Crippen LogP contribution in [0.25, 0.3) is 0 Å². The van der Waals surface area contributed by atoms with E-state index in [1.807, 2.05) is 133 Å². The Hall–Kier alpha value is -4.11. The van der Waals surface area contributed by atoms with Crippen LogP contribution in [0.2, 0.25) is 5.02 Å². The minimum Gasteiger partial charge on any atom is -0.332 e. The van der Waals surface area contributed by atoms with E-state index in [4.69, 9.17) is 16.7 Å². The number of anilines is 2. The Morgan fingerprint density at radius 1 is 0.632 bits per heavy atom. The van der Waals surface area contributed by atoms with Crippen molar-refractivity contribution in [3.63, 3.8) is 0 Å². The molecule has 0 radical (unpaired) electrons. The predicted molar refractivity (Wildman–Crippen MR) is 161 cm³/mol. The van der Waals surface area contributed by atoms with Crippen LogP contribution in [0.1, 0.15) is 16.8 Å². The van der Waals surface area contributed by atoms with Gasteiger partial charge in [0.2, 0.25) is 7.29 Å². The van der Waals surface area contributed by atoms with Gasteiger partial charge in [0, 0.05) is 16.0 Å². The smallest absolute Gasteiger partial charge is 0.211 e. The second-order valence-electron chi connectivity index (χ2n) is 8.77. The fraction of sp³-hybridized carbons (Fsp3) is 0.0312. The fourth-order valence-corrected chi connectivity index (χ4v) is 7.32. The molecule has 2 N–H and O–H groups in total. The lowest BCUT2D eigenvalue weighted by Gasteiger charge is -2.31. The molecule has 4 nitrogen and oxygen atoms in total. The van der Waals surface area contributed by atoms with Gasteiger partial charge in [-0.15, -0.1) is 0 Å². The van der Waals surface area contributed by atoms with Gasteiger partial charge >= 0.3 is 0 Å². The average molecular weight is 536 g/mol. The van der Waals surface area contributed by atoms with Gasteiger partial charge in [-0.2, -0.15) is 5.10 Å². The molecule has 0 spiro atoms. The zero-order chi connectivity index (χ0) is 26.2. The van der Waals surface area contributed by atoms with E-state index in [-0.39, 0.29) is 0 Å². The number of nitrogens with one attached hydrogen (secondary N) is 2. The molecule has 5 aromatic carbocycles. The van der Waals surface area contributed by atoms with Crippen molar-refractivity contribution in [1.29, 1.82) is 0 Å². The van der Waals surface area contributed by atoms with Crippen LogP contribution in [0.3, 0.4) is 0 Å². The molecule has 0 aliphatic heterocycles. The van der Waals surface area contributed by atoms with E-state index < -0.39 is 13.0 Å². The van der Waals surface area contributed by atoms with E-state index >= 15 is 4.57 Å². The topological polar surface area (TPSA) is 53.5 Å². The lowest BCUT2D eigenvalue weighted by Crippen LogP contribution is -2.25. The molecule has 0 saturated carbocycles. The van der Waals surface area contributed by atoms with Gasteiger partial charge in [0.1, 0.15) is 5.66 Å². The molecule has 0 aliphatic carbocycles. The third-order valence-electron chi connectivity index (χ3n) is 6.17. The highest BCUT2D eigenvalue weighted by Crippen LogP contribution is 2.59. The second-order valence-corrected chi connectivity index (χ2v) is 11.8. The summed E-state index contributed by atoms with van der Waals surface area (Å²) >= 11 is 6.16. The van der Waals surface area contributed by atoms with E-state index in [0.717, 1.165) is 16.8 Å². The maximum absolute atomic E-state index is 15.5. The van der Waals surface area contributed by atoms with Gasteiger partial charge in [-0.3, -0.25) is 9.99 Å². The van der Waals surface area contributed by atoms with E-state index in [1.165, 1.54) is 0 Å². The zero-order valence-corrected chi connectivity index (χ0v) is 22.3. The Kier molecular flexibility index (Phi) is 8.04. The molecule has 0 bridgehead atoms. The van der Waals surface area contributed by atoms with E-state index in [1.54, 1.807) is 12.1 Å². The first-order chi connectivity index (χ1) is 18.6. The second kappa shape index (κ2) is 12.0. The molecule has 0 fully saturated rings. The van der Waals surface area contributed by atoms with Crippen molar-refractivity contribution in [2.45, 2.75) is 5.66 Å². The largest absolute Gasteiger partial charge is 0.332 e. The van der Waals surface area contributed by atoms with Crippen LogP contribution in [0.5, 0.6) is 0 Å². The molecule has 6 heteroatoms. The number of halogens is 1. The molecule has 5 rings (SSSR count). The number of benzene rings is 5. The molecule has 38 heavy (non-hydrogen) atoms. The molecular weight excluding hydrogens is 509 g/mol. The summed E-state index contributed by atoms with van der Waals surface area (Å²) in [5.74, 6) is 0. The third-order valence-corrected chi connectivity index (χ3v) is 9.34. The first-order valence-electron chi connectivity index (χ1n) is 12.3. The molecule has 2 atom stereocenters. The maximum atomic E-state index is 15.5. The van der Waals surface area contributed by atoms with Crippen molar-refractivity contribution in [2.24, 2.45) is 5.10 Å². The van der Waals surface area contributed by atoms with E-state index in [2.05, 4.69) is 10.5 Å². The number of rotatable bonds is 9. The lowest BCUT2D eigenvalue weighted by molar-refractivity contribution is 0.582. The summed E-state index contributed by atoms with van der Waals surface area (Å²) in [6.45, 7) is 0. The minimum atomic E-state index is -3.45. The van der Waals surface area contributed by atoms with Crippen LogP contribution in [0, 0.1) is 0 Å². The number of para-hydroxylation sites is 1. The summed E-state index contributed by atoms with van der Waals surface area (Å²) in [6, 6.07) is 46.4. The van der Waals surface area contributed by atoms with Gasteiger partial charge in [-0.25, -0.2) is 0 Å². The van der Waals surface area contributed by atoms with Crippen molar-refractivity contribution in [3.8, 4) is 0 Å². The molecule has 0 amide bonds. The Morgan fingerprint density at radius 3 is 1.76 bits per heavy atom. The van der Waals surface area contributed by atoms with Crippen LogP contribution >= 0.6 is 18.9 Å². The summed E-state index contributed by atoms with van der Waals surface area (Å²) < 4.78 is 15.5. The van der Waals surface area contributed by atoms with Crippen molar-refractivity contribution < 1.29 is 4.57 Å². The summed E-state index contributed by atoms with van der Waals surface area (Å²) in [4.78, 5) is 0. The predicted octanol–water partition coefficient (Wildman–Crippen LogP) is 8.61. The van der Waals surface area contributed by atoms with Crippen molar-refractivity contribution >= 4 is 41.3 Å². The first-order valence-corrected chi connectivity index (χ1v) is 14.5. The Labute approximate surface area is 228 Å². The molecule has 0 saturated heterocycles. The summed E-state index contributed by atoms with van der Waals surface area (Å²) in [7, 11) is -3.45.